The van der Waals surface area contributed by atoms with Crippen LogP contribution in [0, 0.1) is 6.92 Å². The maximum Gasteiger partial charge on any atom is 0.264 e. The van der Waals surface area contributed by atoms with Crippen molar-refractivity contribution in [3.05, 3.63) is 88.9 Å². The van der Waals surface area contributed by atoms with E-state index in [9.17, 15) is 13.2 Å². The maximum absolute atomic E-state index is 12.7. The minimum absolute atomic E-state index is 0.204. The van der Waals surface area contributed by atoms with Gasteiger partial charge in [0.05, 0.1) is 10.6 Å². The lowest BCUT2D eigenvalue weighted by atomic mass is 10.1. The number of carbonyl (C=O) groups excluding carboxylic acids is 1. The lowest BCUT2D eigenvalue weighted by molar-refractivity contribution is 0.102. The summed E-state index contributed by atoms with van der Waals surface area (Å²) in [7, 11) is -2.19. The Balaban J connectivity index is 1.79. The largest absolute Gasteiger partial charge is 0.322 e. The van der Waals surface area contributed by atoms with Crippen LogP contribution in [-0.2, 0) is 10.0 Å². The van der Waals surface area contributed by atoms with E-state index < -0.39 is 10.0 Å². The minimum atomic E-state index is -3.67. The highest BCUT2D eigenvalue weighted by Crippen LogP contribution is 2.25. The van der Waals surface area contributed by atoms with Crippen LogP contribution in [0.25, 0.3) is 0 Å². The van der Waals surface area contributed by atoms with Crippen molar-refractivity contribution in [3.63, 3.8) is 0 Å². The number of amides is 1. The van der Waals surface area contributed by atoms with E-state index in [0.717, 1.165) is 5.56 Å². The molecule has 3 aromatic rings. The maximum atomic E-state index is 12.7. The van der Waals surface area contributed by atoms with Gasteiger partial charge < -0.3 is 5.32 Å². The molecule has 28 heavy (non-hydrogen) atoms. The predicted octanol–water partition coefficient (Wildman–Crippen LogP) is 4.73. The number of rotatable bonds is 5. The second kappa shape index (κ2) is 8.04. The van der Waals surface area contributed by atoms with E-state index >= 15 is 0 Å². The van der Waals surface area contributed by atoms with Gasteiger partial charge in [0.25, 0.3) is 15.9 Å². The van der Waals surface area contributed by atoms with Gasteiger partial charge in [-0.15, -0.1) is 0 Å². The van der Waals surface area contributed by atoms with Gasteiger partial charge >= 0.3 is 0 Å². The van der Waals surface area contributed by atoms with E-state index in [1.807, 2.05) is 6.92 Å². The fourth-order valence-corrected chi connectivity index (χ4v) is 4.04. The van der Waals surface area contributed by atoms with Gasteiger partial charge in [0.2, 0.25) is 0 Å². The Hall–Kier alpha value is -2.83. The first-order valence-electron chi connectivity index (χ1n) is 8.51. The molecular formula is C21H19ClN2O3S. The van der Waals surface area contributed by atoms with Crippen LogP contribution in [0.4, 0.5) is 11.4 Å². The number of hydrogen-bond acceptors (Lipinski definition) is 3. The molecule has 0 radical (unpaired) electrons. The molecular weight excluding hydrogens is 396 g/mol. The first-order chi connectivity index (χ1) is 13.3. The predicted molar refractivity (Wildman–Crippen MR) is 113 cm³/mol. The number of anilines is 2. The van der Waals surface area contributed by atoms with Gasteiger partial charge in [-0.2, -0.15) is 0 Å². The SMILES string of the molecule is Cc1c(Cl)cccc1NC(=O)c1ccc(N(C)S(=O)(=O)c2ccccc2)cc1. The standard InChI is InChI=1S/C21H19ClN2O3S/c1-15-19(22)9-6-10-20(15)23-21(25)16-11-13-17(14-12-16)24(2)28(26,27)18-7-4-3-5-8-18/h3-14H,1-2H3,(H,23,25). The number of halogens is 1. The number of sulfonamides is 1. The van der Waals surface area contributed by atoms with E-state index in [2.05, 4.69) is 5.32 Å². The molecule has 0 fully saturated rings. The highest BCUT2D eigenvalue weighted by atomic mass is 35.5. The van der Waals surface area contributed by atoms with Crippen molar-refractivity contribution in [2.45, 2.75) is 11.8 Å². The molecule has 0 heterocycles. The van der Waals surface area contributed by atoms with Crippen molar-refractivity contribution in [1.82, 2.24) is 0 Å². The lowest BCUT2D eigenvalue weighted by Gasteiger charge is -2.19. The molecule has 0 bridgehead atoms. The van der Waals surface area contributed by atoms with Crippen LogP contribution < -0.4 is 9.62 Å². The Labute approximate surface area is 169 Å². The minimum Gasteiger partial charge on any atom is -0.322 e. The van der Waals surface area contributed by atoms with E-state index in [-0.39, 0.29) is 10.8 Å². The second-order valence-electron chi connectivity index (χ2n) is 6.20. The van der Waals surface area contributed by atoms with Crippen LogP contribution in [0.2, 0.25) is 5.02 Å². The topological polar surface area (TPSA) is 66.5 Å². The molecule has 0 aliphatic rings. The van der Waals surface area contributed by atoms with Crippen molar-refractivity contribution in [1.29, 1.82) is 0 Å². The van der Waals surface area contributed by atoms with E-state index in [1.54, 1.807) is 72.8 Å². The third kappa shape index (κ3) is 4.03. The molecule has 0 unspecified atom stereocenters. The van der Waals surface area contributed by atoms with Crippen LogP contribution in [0.15, 0.2) is 77.7 Å². The van der Waals surface area contributed by atoms with E-state index in [0.29, 0.717) is 22.0 Å². The zero-order valence-corrected chi connectivity index (χ0v) is 17.0. The first-order valence-corrected chi connectivity index (χ1v) is 10.3. The van der Waals surface area contributed by atoms with Gasteiger partial charge in [0.15, 0.2) is 0 Å². The molecule has 0 aromatic heterocycles. The zero-order chi connectivity index (χ0) is 20.3. The molecule has 0 spiro atoms. The second-order valence-corrected chi connectivity index (χ2v) is 8.58. The monoisotopic (exact) mass is 414 g/mol. The Morgan fingerprint density at radius 3 is 2.21 bits per heavy atom. The summed E-state index contributed by atoms with van der Waals surface area (Å²) in [4.78, 5) is 12.7. The third-order valence-corrected chi connectivity index (χ3v) is 6.62. The van der Waals surface area contributed by atoms with Crippen molar-refractivity contribution in [2.75, 3.05) is 16.7 Å². The summed E-state index contributed by atoms with van der Waals surface area (Å²) in [5.41, 5.74) is 2.28. The Bertz CT molecular complexity index is 1100. The summed E-state index contributed by atoms with van der Waals surface area (Å²) < 4.78 is 26.6. The number of benzene rings is 3. The van der Waals surface area contributed by atoms with Crippen LogP contribution in [0.5, 0.6) is 0 Å². The summed E-state index contributed by atoms with van der Waals surface area (Å²) in [6.45, 7) is 1.82. The average Bonchev–Trinajstić information content (AvgIpc) is 2.71. The fourth-order valence-electron chi connectivity index (χ4n) is 2.65. The summed E-state index contributed by atoms with van der Waals surface area (Å²) >= 11 is 6.08. The number of nitrogens with one attached hydrogen (secondary N) is 1. The van der Waals surface area contributed by atoms with Gasteiger partial charge in [0, 0.05) is 23.3 Å². The van der Waals surface area contributed by atoms with Crippen LogP contribution in [0.1, 0.15) is 15.9 Å². The van der Waals surface area contributed by atoms with Gasteiger partial charge in [-0.1, -0.05) is 35.9 Å². The Morgan fingerprint density at radius 2 is 1.57 bits per heavy atom. The lowest BCUT2D eigenvalue weighted by Crippen LogP contribution is -2.26. The number of carbonyl (C=O) groups is 1. The van der Waals surface area contributed by atoms with E-state index in [1.165, 1.54) is 11.4 Å². The van der Waals surface area contributed by atoms with Gasteiger partial charge in [0.1, 0.15) is 0 Å². The van der Waals surface area contributed by atoms with Gasteiger partial charge in [-0.3, -0.25) is 9.10 Å². The summed E-state index contributed by atoms with van der Waals surface area (Å²) in [5, 5.41) is 3.39. The molecule has 0 atom stereocenters. The first kappa shape index (κ1) is 19.9. The van der Waals surface area contributed by atoms with Gasteiger partial charge in [-0.25, -0.2) is 8.42 Å². The van der Waals surface area contributed by atoms with Crippen molar-refractivity contribution in [2.24, 2.45) is 0 Å². The summed E-state index contributed by atoms with van der Waals surface area (Å²) in [5.74, 6) is -0.300. The highest BCUT2D eigenvalue weighted by molar-refractivity contribution is 7.92. The molecule has 7 heteroatoms. The highest BCUT2D eigenvalue weighted by Gasteiger charge is 2.21. The number of nitrogens with zero attached hydrogens (tertiary/aromatic N) is 1. The molecule has 0 saturated carbocycles. The van der Waals surface area contributed by atoms with Gasteiger partial charge in [-0.05, 0) is 61.0 Å². The molecule has 5 nitrogen and oxygen atoms in total. The molecule has 0 saturated heterocycles. The molecule has 1 amide bonds. The van der Waals surface area contributed by atoms with E-state index in [4.69, 9.17) is 11.6 Å². The summed E-state index contributed by atoms with van der Waals surface area (Å²) in [6, 6.07) is 19.8. The van der Waals surface area contributed by atoms with Crippen LogP contribution >= 0.6 is 11.6 Å². The number of hydrogen-bond donors (Lipinski definition) is 1. The molecule has 144 valence electrons. The van der Waals surface area contributed by atoms with Crippen molar-refractivity contribution >= 4 is 38.9 Å². The van der Waals surface area contributed by atoms with Crippen LogP contribution in [-0.4, -0.2) is 21.4 Å². The Kier molecular flexibility index (Phi) is 5.72. The Morgan fingerprint density at radius 1 is 0.929 bits per heavy atom. The molecule has 3 aromatic carbocycles. The quantitative estimate of drug-likeness (QED) is 0.656. The zero-order valence-electron chi connectivity index (χ0n) is 15.4. The molecule has 1 N–H and O–H groups in total. The third-order valence-electron chi connectivity index (χ3n) is 4.41. The molecule has 3 rings (SSSR count). The average molecular weight is 415 g/mol. The molecule has 0 aliphatic heterocycles. The fraction of sp³-hybridized carbons (Fsp3) is 0.0952. The normalized spacial score (nSPS) is 11.1. The summed E-state index contributed by atoms with van der Waals surface area (Å²) in [6.07, 6.45) is 0. The smallest absolute Gasteiger partial charge is 0.264 e. The van der Waals surface area contributed by atoms with Crippen molar-refractivity contribution < 1.29 is 13.2 Å². The molecule has 0 aliphatic carbocycles. The van der Waals surface area contributed by atoms with Crippen molar-refractivity contribution in [3.8, 4) is 0 Å². The van der Waals surface area contributed by atoms with Crippen LogP contribution in [0.3, 0.4) is 0 Å².